The zero-order valence-corrected chi connectivity index (χ0v) is 10.9. The van der Waals surface area contributed by atoms with Crippen LogP contribution in [0.25, 0.3) is 0 Å². The highest BCUT2D eigenvalue weighted by atomic mass is 16.1. The summed E-state index contributed by atoms with van der Waals surface area (Å²) >= 11 is 0. The first kappa shape index (κ1) is 12.9. The number of nitrogens with zero attached hydrogens (tertiary/aromatic N) is 1. The molecule has 1 atom stereocenters. The van der Waals surface area contributed by atoms with Crippen LogP contribution in [0.4, 0.5) is 0 Å². The van der Waals surface area contributed by atoms with Gasteiger partial charge in [0.15, 0.2) is 5.78 Å². The predicted molar refractivity (Wildman–Crippen MR) is 66.7 cm³/mol. The lowest BCUT2D eigenvalue weighted by atomic mass is 9.89. The van der Waals surface area contributed by atoms with E-state index in [2.05, 4.69) is 25.8 Å². The molecule has 0 aliphatic heterocycles. The molecule has 2 nitrogen and oxygen atoms in total. The first-order chi connectivity index (χ1) is 7.36. The molecule has 1 rings (SSSR count). The van der Waals surface area contributed by atoms with Crippen LogP contribution in [-0.4, -0.2) is 10.8 Å². The fourth-order valence-corrected chi connectivity index (χ4v) is 1.46. The SMILES string of the molecule is CCC(C)C(=O)c1ccnc(C(C)(C)C)c1. The third-order valence-corrected chi connectivity index (χ3v) is 2.87. The van der Waals surface area contributed by atoms with Crippen LogP contribution in [0.5, 0.6) is 0 Å². The summed E-state index contributed by atoms with van der Waals surface area (Å²) < 4.78 is 0. The predicted octanol–water partition coefficient (Wildman–Crippen LogP) is 3.61. The van der Waals surface area contributed by atoms with Crippen molar-refractivity contribution in [2.24, 2.45) is 5.92 Å². The van der Waals surface area contributed by atoms with Crippen molar-refractivity contribution in [2.45, 2.75) is 46.5 Å². The summed E-state index contributed by atoms with van der Waals surface area (Å²) in [5.41, 5.74) is 1.75. The number of Topliss-reactive ketones (excluding diaryl/α,β-unsaturated/α-hetero) is 1. The largest absolute Gasteiger partial charge is 0.294 e. The Balaban J connectivity index is 3.04. The average Bonchev–Trinajstić information content (AvgIpc) is 2.26. The number of ketones is 1. The molecule has 2 heteroatoms. The van der Waals surface area contributed by atoms with E-state index >= 15 is 0 Å². The van der Waals surface area contributed by atoms with Crippen LogP contribution < -0.4 is 0 Å². The molecule has 0 saturated carbocycles. The molecule has 0 bridgehead atoms. The zero-order valence-electron chi connectivity index (χ0n) is 10.9. The van der Waals surface area contributed by atoms with Gasteiger partial charge in [0.1, 0.15) is 0 Å². The maximum atomic E-state index is 12.0. The van der Waals surface area contributed by atoms with Gasteiger partial charge in [-0.1, -0.05) is 34.6 Å². The van der Waals surface area contributed by atoms with Crippen molar-refractivity contribution in [1.82, 2.24) is 4.98 Å². The van der Waals surface area contributed by atoms with Crippen LogP contribution in [0.2, 0.25) is 0 Å². The fourth-order valence-electron chi connectivity index (χ4n) is 1.46. The molecule has 1 heterocycles. The smallest absolute Gasteiger partial charge is 0.165 e. The van der Waals surface area contributed by atoms with E-state index < -0.39 is 0 Å². The van der Waals surface area contributed by atoms with Gasteiger partial charge in [0.2, 0.25) is 0 Å². The molecule has 1 aromatic heterocycles. The maximum Gasteiger partial charge on any atom is 0.165 e. The number of pyridine rings is 1. The second-order valence-electron chi connectivity index (χ2n) is 5.35. The molecular formula is C14H21NO. The second kappa shape index (κ2) is 4.77. The molecular weight excluding hydrogens is 198 g/mol. The quantitative estimate of drug-likeness (QED) is 0.727. The minimum absolute atomic E-state index is 0.00819. The summed E-state index contributed by atoms with van der Waals surface area (Å²) in [7, 11) is 0. The van der Waals surface area contributed by atoms with Gasteiger partial charge in [-0.2, -0.15) is 0 Å². The number of hydrogen-bond acceptors (Lipinski definition) is 2. The molecule has 0 saturated heterocycles. The summed E-state index contributed by atoms with van der Waals surface area (Å²) in [5, 5.41) is 0. The van der Waals surface area contributed by atoms with E-state index in [0.29, 0.717) is 0 Å². The van der Waals surface area contributed by atoms with Gasteiger partial charge in [-0.25, -0.2) is 0 Å². The van der Waals surface area contributed by atoms with Gasteiger partial charge < -0.3 is 0 Å². The molecule has 88 valence electrons. The number of aromatic nitrogens is 1. The lowest BCUT2D eigenvalue weighted by Gasteiger charge is -2.18. The van der Waals surface area contributed by atoms with Crippen molar-refractivity contribution in [3.05, 3.63) is 29.6 Å². The molecule has 0 aliphatic rings. The number of carbonyl (C=O) groups excluding carboxylic acids is 1. The monoisotopic (exact) mass is 219 g/mol. The Labute approximate surface area is 98.1 Å². The number of rotatable bonds is 3. The molecule has 0 radical (unpaired) electrons. The lowest BCUT2D eigenvalue weighted by Crippen LogP contribution is -2.16. The van der Waals surface area contributed by atoms with Crippen molar-refractivity contribution in [3.8, 4) is 0 Å². The van der Waals surface area contributed by atoms with E-state index in [-0.39, 0.29) is 17.1 Å². The van der Waals surface area contributed by atoms with E-state index in [1.54, 1.807) is 6.20 Å². The first-order valence-corrected chi connectivity index (χ1v) is 5.87. The molecule has 0 fully saturated rings. The van der Waals surface area contributed by atoms with Crippen LogP contribution >= 0.6 is 0 Å². The van der Waals surface area contributed by atoms with Crippen LogP contribution in [0.15, 0.2) is 18.3 Å². The zero-order chi connectivity index (χ0) is 12.3. The highest BCUT2D eigenvalue weighted by Gasteiger charge is 2.19. The van der Waals surface area contributed by atoms with Gasteiger partial charge in [0.05, 0.1) is 0 Å². The van der Waals surface area contributed by atoms with E-state index in [9.17, 15) is 4.79 Å². The summed E-state index contributed by atoms with van der Waals surface area (Å²) in [6.07, 6.45) is 2.61. The Morgan fingerprint density at radius 3 is 2.56 bits per heavy atom. The number of hydrogen-bond donors (Lipinski definition) is 0. The highest BCUT2D eigenvalue weighted by Crippen LogP contribution is 2.21. The minimum atomic E-state index is -0.00819. The maximum absolute atomic E-state index is 12.0. The fraction of sp³-hybridized carbons (Fsp3) is 0.571. The molecule has 0 spiro atoms. The van der Waals surface area contributed by atoms with Crippen molar-refractivity contribution < 1.29 is 4.79 Å². The van der Waals surface area contributed by atoms with Crippen molar-refractivity contribution in [3.63, 3.8) is 0 Å². The normalized spacial score (nSPS) is 13.6. The Bertz CT molecular complexity index is 377. The Morgan fingerprint density at radius 1 is 1.44 bits per heavy atom. The van der Waals surface area contributed by atoms with Gasteiger partial charge in [-0.15, -0.1) is 0 Å². The number of carbonyl (C=O) groups is 1. The molecule has 0 aliphatic carbocycles. The Kier molecular flexibility index (Phi) is 3.84. The van der Waals surface area contributed by atoms with E-state index in [1.165, 1.54) is 0 Å². The molecule has 16 heavy (non-hydrogen) atoms. The second-order valence-corrected chi connectivity index (χ2v) is 5.35. The third-order valence-electron chi connectivity index (χ3n) is 2.87. The van der Waals surface area contributed by atoms with Gasteiger partial charge in [0.25, 0.3) is 0 Å². The third kappa shape index (κ3) is 2.91. The van der Waals surface area contributed by atoms with Crippen molar-refractivity contribution in [2.75, 3.05) is 0 Å². The first-order valence-electron chi connectivity index (χ1n) is 5.87. The Morgan fingerprint density at radius 2 is 2.06 bits per heavy atom. The van der Waals surface area contributed by atoms with Crippen LogP contribution in [0.3, 0.4) is 0 Å². The standard InChI is InChI=1S/C14H21NO/c1-6-10(2)13(16)11-7-8-15-12(9-11)14(3,4)5/h7-10H,6H2,1-5H3. The molecule has 1 aromatic rings. The van der Waals surface area contributed by atoms with Crippen LogP contribution in [-0.2, 0) is 5.41 Å². The summed E-state index contributed by atoms with van der Waals surface area (Å²) in [5.74, 6) is 0.311. The van der Waals surface area contributed by atoms with Gasteiger partial charge in [-0.05, 0) is 18.6 Å². The van der Waals surface area contributed by atoms with E-state index in [1.807, 2.05) is 26.0 Å². The summed E-state index contributed by atoms with van der Waals surface area (Å²) in [6, 6.07) is 3.73. The van der Waals surface area contributed by atoms with Crippen molar-refractivity contribution in [1.29, 1.82) is 0 Å². The van der Waals surface area contributed by atoms with Gasteiger partial charge >= 0.3 is 0 Å². The van der Waals surface area contributed by atoms with E-state index in [4.69, 9.17) is 0 Å². The van der Waals surface area contributed by atoms with Crippen LogP contribution in [0, 0.1) is 5.92 Å². The topological polar surface area (TPSA) is 30.0 Å². The molecule has 0 N–H and O–H groups in total. The molecule has 1 unspecified atom stereocenters. The van der Waals surface area contributed by atoms with Gasteiger partial charge in [0, 0.05) is 28.8 Å². The highest BCUT2D eigenvalue weighted by molar-refractivity contribution is 5.97. The summed E-state index contributed by atoms with van der Waals surface area (Å²) in [4.78, 5) is 16.4. The Hall–Kier alpha value is -1.18. The molecule has 0 amide bonds. The van der Waals surface area contributed by atoms with Gasteiger partial charge in [-0.3, -0.25) is 9.78 Å². The summed E-state index contributed by atoms with van der Waals surface area (Å²) in [6.45, 7) is 10.3. The van der Waals surface area contributed by atoms with Crippen LogP contribution in [0.1, 0.15) is 57.1 Å². The minimum Gasteiger partial charge on any atom is -0.294 e. The van der Waals surface area contributed by atoms with Crippen molar-refractivity contribution >= 4 is 5.78 Å². The molecule has 0 aromatic carbocycles. The van der Waals surface area contributed by atoms with E-state index in [0.717, 1.165) is 17.7 Å². The average molecular weight is 219 g/mol. The lowest BCUT2D eigenvalue weighted by molar-refractivity contribution is 0.0927.